The fraction of sp³-hybridized carbons (Fsp3) is 0.312. The molecule has 0 aliphatic carbocycles. The molecule has 7 heteroatoms. The number of nitrogens with one attached hydrogen (secondary N) is 2. The number of aromatic nitrogens is 2. The van der Waals surface area contributed by atoms with Gasteiger partial charge in [-0.2, -0.15) is 0 Å². The summed E-state index contributed by atoms with van der Waals surface area (Å²) in [6.45, 7) is 2.78. The molecule has 0 aliphatic rings. The number of unbranched alkanes of at least 4 members (excludes halogenated alkanes) is 2. The van der Waals surface area contributed by atoms with Crippen LogP contribution < -0.4 is 10.6 Å². The van der Waals surface area contributed by atoms with Crippen molar-refractivity contribution in [2.45, 2.75) is 26.2 Å². The number of rotatable bonds is 7. The van der Waals surface area contributed by atoms with Gasteiger partial charge in [0.2, 0.25) is 5.95 Å². The van der Waals surface area contributed by atoms with Crippen LogP contribution in [-0.2, 0) is 0 Å². The Balaban J connectivity index is 1.96. The van der Waals surface area contributed by atoms with E-state index in [9.17, 15) is 4.79 Å². The number of carbonyl (C=O) groups is 1. The molecule has 1 aromatic heterocycles. The van der Waals surface area contributed by atoms with Crippen molar-refractivity contribution in [2.75, 3.05) is 11.9 Å². The Labute approximate surface area is 145 Å². The Morgan fingerprint density at radius 1 is 1.17 bits per heavy atom. The molecule has 0 bridgehead atoms. The largest absolute Gasteiger partial charge is 0.352 e. The van der Waals surface area contributed by atoms with Crippen LogP contribution in [0.3, 0.4) is 0 Å². The molecule has 2 aromatic rings. The molecule has 1 aromatic carbocycles. The zero-order valence-electron chi connectivity index (χ0n) is 12.8. The van der Waals surface area contributed by atoms with Gasteiger partial charge in [-0.3, -0.25) is 4.79 Å². The number of benzene rings is 1. The van der Waals surface area contributed by atoms with Crippen LogP contribution >= 0.6 is 23.2 Å². The highest BCUT2D eigenvalue weighted by molar-refractivity contribution is 6.35. The van der Waals surface area contributed by atoms with Crippen molar-refractivity contribution in [2.24, 2.45) is 0 Å². The van der Waals surface area contributed by atoms with Crippen LogP contribution in [0.5, 0.6) is 0 Å². The fourth-order valence-electron chi connectivity index (χ4n) is 1.90. The van der Waals surface area contributed by atoms with E-state index in [1.165, 1.54) is 12.4 Å². The summed E-state index contributed by atoms with van der Waals surface area (Å²) >= 11 is 12.0. The second-order valence-corrected chi connectivity index (χ2v) is 5.85. The number of nitrogens with zero attached hydrogens (tertiary/aromatic N) is 2. The smallest absolute Gasteiger partial charge is 0.254 e. The third kappa shape index (κ3) is 5.37. The molecular formula is C16H18Cl2N4O. The third-order valence-electron chi connectivity index (χ3n) is 3.15. The van der Waals surface area contributed by atoms with Crippen LogP contribution in [0.4, 0.5) is 11.6 Å². The predicted octanol–water partition coefficient (Wildman–Crippen LogP) is 4.45. The topological polar surface area (TPSA) is 66.9 Å². The first-order chi connectivity index (χ1) is 11.1. The van der Waals surface area contributed by atoms with Crippen LogP contribution in [-0.4, -0.2) is 22.4 Å². The van der Waals surface area contributed by atoms with E-state index in [4.69, 9.17) is 23.2 Å². The van der Waals surface area contributed by atoms with E-state index in [0.717, 1.165) is 19.3 Å². The normalized spacial score (nSPS) is 10.4. The molecule has 0 saturated heterocycles. The molecule has 0 saturated carbocycles. The quantitative estimate of drug-likeness (QED) is 0.722. The maximum absolute atomic E-state index is 11.9. The first-order valence-corrected chi connectivity index (χ1v) is 8.18. The summed E-state index contributed by atoms with van der Waals surface area (Å²) in [5.41, 5.74) is 1.03. The van der Waals surface area contributed by atoms with Gasteiger partial charge in [0.15, 0.2) is 0 Å². The molecule has 5 nitrogen and oxygen atoms in total. The predicted molar refractivity (Wildman–Crippen MR) is 93.6 cm³/mol. The fourth-order valence-corrected chi connectivity index (χ4v) is 2.24. The molecule has 1 heterocycles. The molecule has 0 unspecified atom stereocenters. The van der Waals surface area contributed by atoms with Gasteiger partial charge in [-0.15, -0.1) is 0 Å². The Kier molecular flexibility index (Phi) is 6.62. The molecule has 2 rings (SSSR count). The molecule has 0 radical (unpaired) electrons. The Morgan fingerprint density at radius 3 is 2.61 bits per heavy atom. The average molecular weight is 353 g/mol. The van der Waals surface area contributed by atoms with Crippen molar-refractivity contribution in [1.29, 1.82) is 0 Å². The third-order valence-corrected chi connectivity index (χ3v) is 3.72. The number of halogens is 2. The molecule has 0 atom stereocenters. The minimum Gasteiger partial charge on any atom is -0.352 e. The number of hydrogen-bond donors (Lipinski definition) is 2. The molecule has 0 spiro atoms. The lowest BCUT2D eigenvalue weighted by molar-refractivity contribution is 0.0952. The van der Waals surface area contributed by atoms with Crippen molar-refractivity contribution < 1.29 is 4.79 Å². The van der Waals surface area contributed by atoms with Gasteiger partial charge in [0.05, 0.1) is 16.3 Å². The lowest BCUT2D eigenvalue weighted by Crippen LogP contribution is -2.24. The first kappa shape index (κ1) is 17.5. The molecule has 1 amide bonds. The summed E-state index contributed by atoms with van der Waals surface area (Å²) < 4.78 is 0. The summed E-state index contributed by atoms with van der Waals surface area (Å²) in [6, 6.07) is 5.06. The van der Waals surface area contributed by atoms with Crippen molar-refractivity contribution in [1.82, 2.24) is 15.3 Å². The van der Waals surface area contributed by atoms with Crippen LogP contribution in [0.2, 0.25) is 10.0 Å². The summed E-state index contributed by atoms with van der Waals surface area (Å²) in [6.07, 6.45) is 6.13. The number of anilines is 2. The van der Waals surface area contributed by atoms with Crippen LogP contribution in [0, 0.1) is 0 Å². The summed E-state index contributed by atoms with van der Waals surface area (Å²) in [5, 5.41) is 6.88. The lowest BCUT2D eigenvalue weighted by Gasteiger charge is -2.08. The monoisotopic (exact) mass is 352 g/mol. The van der Waals surface area contributed by atoms with E-state index >= 15 is 0 Å². The second-order valence-electron chi connectivity index (χ2n) is 5.01. The van der Waals surface area contributed by atoms with E-state index in [1.807, 2.05) is 0 Å². The Morgan fingerprint density at radius 2 is 1.91 bits per heavy atom. The van der Waals surface area contributed by atoms with Gasteiger partial charge < -0.3 is 10.6 Å². The van der Waals surface area contributed by atoms with Gasteiger partial charge in [0.25, 0.3) is 5.91 Å². The number of hydrogen-bond acceptors (Lipinski definition) is 4. The molecule has 122 valence electrons. The van der Waals surface area contributed by atoms with E-state index in [2.05, 4.69) is 27.5 Å². The number of amides is 1. The van der Waals surface area contributed by atoms with Crippen LogP contribution in [0.25, 0.3) is 0 Å². The minimum atomic E-state index is -0.173. The Hall–Kier alpha value is -1.85. The maximum Gasteiger partial charge on any atom is 0.254 e. The van der Waals surface area contributed by atoms with Crippen molar-refractivity contribution >= 4 is 40.7 Å². The van der Waals surface area contributed by atoms with Crippen LogP contribution in [0.15, 0.2) is 30.6 Å². The summed E-state index contributed by atoms with van der Waals surface area (Å²) in [7, 11) is 0. The zero-order chi connectivity index (χ0) is 16.7. The van der Waals surface area contributed by atoms with Gasteiger partial charge in [-0.1, -0.05) is 43.0 Å². The van der Waals surface area contributed by atoms with Crippen LogP contribution in [0.1, 0.15) is 36.5 Å². The molecule has 23 heavy (non-hydrogen) atoms. The molecule has 0 aliphatic heterocycles. The highest BCUT2D eigenvalue weighted by Crippen LogP contribution is 2.27. The van der Waals surface area contributed by atoms with Gasteiger partial charge >= 0.3 is 0 Å². The minimum absolute atomic E-state index is 0.173. The van der Waals surface area contributed by atoms with Gasteiger partial charge in [0.1, 0.15) is 0 Å². The SMILES string of the molecule is CCCCCNC(=O)c1cnc(Nc2cc(Cl)ccc2Cl)nc1. The van der Waals surface area contributed by atoms with Gasteiger partial charge in [-0.25, -0.2) is 9.97 Å². The highest BCUT2D eigenvalue weighted by atomic mass is 35.5. The zero-order valence-corrected chi connectivity index (χ0v) is 14.3. The van der Waals surface area contributed by atoms with Gasteiger partial charge in [0, 0.05) is 24.0 Å². The average Bonchev–Trinajstić information content (AvgIpc) is 2.55. The lowest BCUT2D eigenvalue weighted by atomic mass is 10.2. The van der Waals surface area contributed by atoms with E-state index in [-0.39, 0.29) is 5.91 Å². The van der Waals surface area contributed by atoms with Crippen molar-refractivity contribution in [3.63, 3.8) is 0 Å². The molecular weight excluding hydrogens is 335 g/mol. The summed E-state index contributed by atoms with van der Waals surface area (Å²) in [5.74, 6) is 0.171. The second kappa shape index (κ2) is 8.70. The van der Waals surface area contributed by atoms with E-state index < -0.39 is 0 Å². The van der Waals surface area contributed by atoms with E-state index in [1.54, 1.807) is 18.2 Å². The van der Waals surface area contributed by atoms with Gasteiger partial charge in [-0.05, 0) is 24.6 Å². The first-order valence-electron chi connectivity index (χ1n) is 7.42. The summed E-state index contributed by atoms with van der Waals surface area (Å²) in [4.78, 5) is 20.2. The van der Waals surface area contributed by atoms with Crippen molar-refractivity contribution in [3.8, 4) is 0 Å². The number of carbonyl (C=O) groups excluding carboxylic acids is 1. The van der Waals surface area contributed by atoms with E-state index in [0.29, 0.717) is 33.8 Å². The Bertz CT molecular complexity index is 662. The maximum atomic E-state index is 11.9. The highest BCUT2D eigenvalue weighted by Gasteiger charge is 2.08. The van der Waals surface area contributed by atoms with Crippen molar-refractivity contribution in [3.05, 3.63) is 46.2 Å². The standard InChI is InChI=1S/C16H18Cl2N4O/c1-2-3-4-7-19-15(23)11-9-20-16(21-10-11)22-14-8-12(17)5-6-13(14)18/h5-6,8-10H,2-4,7H2,1H3,(H,19,23)(H,20,21,22). The molecule has 2 N–H and O–H groups in total. The molecule has 0 fully saturated rings.